The van der Waals surface area contributed by atoms with Gasteiger partial charge < -0.3 is 44.5 Å². The van der Waals surface area contributed by atoms with Crippen LogP contribution in [0.4, 0.5) is 11.4 Å². The number of nitrogens with two attached hydrogens (primary N) is 1. The molecule has 0 fully saturated rings. The van der Waals surface area contributed by atoms with Gasteiger partial charge in [-0.2, -0.15) is 0 Å². The van der Waals surface area contributed by atoms with E-state index in [0.29, 0.717) is 64.8 Å². The first-order valence-electron chi connectivity index (χ1n) is 15.3. The van der Waals surface area contributed by atoms with Crippen LogP contribution in [0.2, 0.25) is 0 Å². The molecule has 0 aromatic heterocycles. The Morgan fingerprint density at radius 1 is 0.818 bits per heavy atom. The average molecular weight is 609 g/mol. The van der Waals surface area contributed by atoms with Gasteiger partial charge in [0.1, 0.15) is 0 Å². The molecule has 1 aliphatic heterocycles. The second-order valence-corrected chi connectivity index (χ2v) is 11.3. The van der Waals surface area contributed by atoms with E-state index in [1.807, 2.05) is 51.3 Å². The third kappa shape index (κ3) is 7.80. The molecule has 0 saturated carbocycles. The molecular formula is C34H48N4O6. The maximum Gasteiger partial charge on any atom is 0.340 e. The lowest BCUT2D eigenvalue weighted by Gasteiger charge is -2.36. The highest BCUT2D eigenvalue weighted by Crippen LogP contribution is 2.50. The molecular weight excluding hydrogens is 560 g/mol. The van der Waals surface area contributed by atoms with Crippen LogP contribution < -0.4 is 15.5 Å². The smallest absolute Gasteiger partial charge is 0.340 e. The van der Waals surface area contributed by atoms with Gasteiger partial charge in [0.2, 0.25) is 0 Å². The molecule has 10 heteroatoms. The van der Waals surface area contributed by atoms with Gasteiger partial charge in [0.15, 0.2) is 5.60 Å². The molecule has 1 heterocycles. The number of benzene rings is 2. The van der Waals surface area contributed by atoms with Crippen molar-refractivity contribution in [2.45, 2.75) is 18.4 Å². The van der Waals surface area contributed by atoms with Crippen LogP contribution in [0.15, 0.2) is 65.9 Å². The lowest BCUT2D eigenvalue weighted by molar-refractivity contribution is 0.0221. The molecule has 1 atom stereocenters. The van der Waals surface area contributed by atoms with E-state index in [1.54, 1.807) is 0 Å². The summed E-state index contributed by atoms with van der Waals surface area (Å²) in [5, 5.41) is 8.87. The minimum atomic E-state index is -1.00. The minimum absolute atomic E-state index is 0.00479. The number of hydrogen-bond acceptors (Lipinski definition) is 10. The first-order valence-corrected chi connectivity index (χ1v) is 15.3. The number of fused-ring (bicyclic) bond motifs is 1. The number of ether oxygens (including phenoxy) is 4. The topological polar surface area (TPSA) is 110 Å². The summed E-state index contributed by atoms with van der Waals surface area (Å²) in [6, 6.07) is 14.3. The van der Waals surface area contributed by atoms with Crippen molar-refractivity contribution < 1.29 is 28.8 Å². The SMILES string of the molecule is CN(C)c1ccc(C2(C3=CC=C(N(CCOCCN)CCOCCOCCO)CC3)OC(=O)c3cc(N(C)C)ccc32)cc1. The third-order valence-electron chi connectivity index (χ3n) is 8.02. The lowest BCUT2D eigenvalue weighted by atomic mass is 9.76. The molecule has 2 aromatic carbocycles. The van der Waals surface area contributed by atoms with Crippen LogP contribution in [0, 0.1) is 0 Å². The van der Waals surface area contributed by atoms with Crippen LogP contribution in [0.3, 0.4) is 0 Å². The lowest BCUT2D eigenvalue weighted by Crippen LogP contribution is -2.34. The zero-order valence-electron chi connectivity index (χ0n) is 26.6. The van der Waals surface area contributed by atoms with Crippen molar-refractivity contribution in [3.63, 3.8) is 0 Å². The largest absolute Gasteiger partial charge is 0.441 e. The van der Waals surface area contributed by atoms with Crippen LogP contribution >= 0.6 is 0 Å². The van der Waals surface area contributed by atoms with Crippen LogP contribution in [0.1, 0.15) is 34.3 Å². The molecule has 3 N–H and O–H groups in total. The Bertz CT molecular complexity index is 1290. The van der Waals surface area contributed by atoms with Crippen LogP contribution in [0.25, 0.3) is 0 Å². The van der Waals surface area contributed by atoms with E-state index >= 15 is 0 Å². The Balaban J connectivity index is 1.64. The molecule has 10 nitrogen and oxygen atoms in total. The first kappa shape index (κ1) is 33.5. The number of carbonyl (C=O) groups is 1. The highest BCUT2D eigenvalue weighted by Gasteiger charge is 2.50. The Morgan fingerprint density at radius 3 is 2.05 bits per heavy atom. The summed E-state index contributed by atoms with van der Waals surface area (Å²) in [6.07, 6.45) is 5.77. The van der Waals surface area contributed by atoms with E-state index in [9.17, 15) is 4.79 Å². The van der Waals surface area contributed by atoms with Gasteiger partial charge in [0.05, 0.1) is 51.8 Å². The van der Waals surface area contributed by atoms with Gasteiger partial charge in [-0.25, -0.2) is 4.79 Å². The number of hydrogen-bond donors (Lipinski definition) is 2. The number of carbonyl (C=O) groups excluding carboxylic acids is 1. The zero-order chi connectivity index (χ0) is 31.5. The molecule has 0 radical (unpaired) electrons. The summed E-state index contributed by atoms with van der Waals surface area (Å²) in [5.74, 6) is -0.310. The third-order valence-corrected chi connectivity index (χ3v) is 8.02. The number of allylic oxidation sites excluding steroid dienone is 3. The Hall–Kier alpha value is -3.41. The predicted octanol–water partition coefficient (Wildman–Crippen LogP) is 3.14. The van der Waals surface area contributed by atoms with E-state index in [1.165, 1.54) is 5.70 Å². The Labute approximate surface area is 261 Å². The molecule has 2 aliphatic rings. The number of anilines is 2. The molecule has 0 saturated heterocycles. The number of cyclic esters (lactones) is 1. The molecule has 0 spiro atoms. The standard InChI is InChI=1S/C34H48N4O6/c1-36(2)28-9-5-26(6-10-28)34(32-14-13-30(37(3)4)25-31(32)33(40)44-34)27-7-11-29(12-8-27)38(16-20-41-19-15-35)17-21-42-23-24-43-22-18-39/h5-7,9-11,13-14,25,39H,8,12,15-24,35H2,1-4H3. The van der Waals surface area contributed by atoms with Crippen molar-refractivity contribution in [1.29, 1.82) is 0 Å². The normalized spacial score (nSPS) is 17.5. The minimum Gasteiger partial charge on any atom is -0.441 e. The fourth-order valence-corrected chi connectivity index (χ4v) is 5.67. The van der Waals surface area contributed by atoms with Crippen LogP contribution in [0.5, 0.6) is 0 Å². The number of rotatable bonds is 18. The molecule has 240 valence electrons. The molecule has 1 unspecified atom stereocenters. The first-order chi connectivity index (χ1) is 21.3. The van der Waals surface area contributed by atoms with E-state index < -0.39 is 5.60 Å². The maximum atomic E-state index is 13.5. The molecule has 1 aliphatic carbocycles. The number of nitrogens with zero attached hydrogens (tertiary/aromatic N) is 3. The van der Waals surface area contributed by atoms with Gasteiger partial charge in [-0.3, -0.25) is 0 Å². The van der Waals surface area contributed by atoms with Crippen molar-refractivity contribution in [1.82, 2.24) is 4.90 Å². The van der Waals surface area contributed by atoms with Gasteiger partial charge in [0.25, 0.3) is 0 Å². The van der Waals surface area contributed by atoms with Gasteiger partial charge in [0, 0.05) is 76.0 Å². The second kappa shape index (κ2) is 16.1. The Kier molecular flexibility index (Phi) is 12.2. The summed E-state index contributed by atoms with van der Waals surface area (Å²) in [5.41, 5.74) is 11.3. The maximum absolute atomic E-state index is 13.5. The summed E-state index contributed by atoms with van der Waals surface area (Å²) in [4.78, 5) is 19.8. The van der Waals surface area contributed by atoms with E-state index in [0.717, 1.165) is 40.9 Å². The van der Waals surface area contributed by atoms with Gasteiger partial charge in [-0.05, 0) is 48.8 Å². The fourth-order valence-electron chi connectivity index (χ4n) is 5.67. The highest BCUT2D eigenvalue weighted by atomic mass is 16.6. The Morgan fingerprint density at radius 2 is 1.45 bits per heavy atom. The van der Waals surface area contributed by atoms with E-state index in [-0.39, 0.29) is 12.6 Å². The number of aliphatic hydroxyl groups is 1. The van der Waals surface area contributed by atoms with E-state index in [4.69, 9.17) is 29.8 Å². The monoisotopic (exact) mass is 608 g/mol. The summed E-state index contributed by atoms with van der Waals surface area (Å²) >= 11 is 0. The van der Waals surface area contributed by atoms with Crippen LogP contribution in [-0.2, 0) is 24.5 Å². The van der Waals surface area contributed by atoms with Crippen LogP contribution in [-0.4, -0.2) is 110 Å². The number of aliphatic hydroxyl groups excluding tert-OH is 1. The zero-order valence-corrected chi connectivity index (χ0v) is 26.6. The van der Waals surface area contributed by atoms with Crippen molar-refractivity contribution in [2.24, 2.45) is 5.73 Å². The summed E-state index contributed by atoms with van der Waals surface area (Å²) < 4.78 is 23.2. The highest BCUT2D eigenvalue weighted by molar-refractivity contribution is 5.97. The predicted molar refractivity (Wildman–Crippen MR) is 173 cm³/mol. The second-order valence-electron chi connectivity index (χ2n) is 11.3. The fraction of sp³-hybridized carbons (Fsp3) is 0.500. The quantitative estimate of drug-likeness (QED) is 0.194. The van der Waals surface area contributed by atoms with Crippen molar-refractivity contribution in [3.05, 3.63) is 82.6 Å². The molecule has 4 rings (SSSR count). The average Bonchev–Trinajstić information content (AvgIpc) is 3.34. The van der Waals surface area contributed by atoms with Crippen molar-refractivity contribution in [3.8, 4) is 0 Å². The summed E-state index contributed by atoms with van der Waals surface area (Å²) in [6.45, 7) is 4.74. The molecule has 44 heavy (non-hydrogen) atoms. The van der Waals surface area contributed by atoms with E-state index in [2.05, 4.69) is 46.2 Å². The number of esters is 1. The molecule has 0 amide bonds. The van der Waals surface area contributed by atoms with Gasteiger partial charge in [-0.1, -0.05) is 24.3 Å². The van der Waals surface area contributed by atoms with Crippen molar-refractivity contribution >= 4 is 17.3 Å². The van der Waals surface area contributed by atoms with Gasteiger partial charge >= 0.3 is 5.97 Å². The summed E-state index contributed by atoms with van der Waals surface area (Å²) in [7, 11) is 7.96. The molecule has 0 bridgehead atoms. The van der Waals surface area contributed by atoms with Gasteiger partial charge in [-0.15, -0.1) is 0 Å². The van der Waals surface area contributed by atoms with Crippen molar-refractivity contribution in [2.75, 3.05) is 104 Å². The molecule has 2 aromatic rings.